The first-order chi connectivity index (χ1) is 3.18. The van der Waals surface area contributed by atoms with Crippen molar-refractivity contribution in [3.8, 4) is 0 Å². The van der Waals surface area contributed by atoms with Crippen LogP contribution in [0.25, 0.3) is 0 Å². The normalized spacial score (nSPS) is 10.4. The lowest BCUT2D eigenvalue weighted by molar-refractivity contribution is -0.137. The highest BCUT2D eigenvalue weighted by atomic mass is 35.5. The van der Waals surface area contributed by atoms with Gasteiger partial charge in [-0.2, -0.15) is 0 Å². The van der Waals surface area contributed by atoms with Gasteiger partial charge in [0.2, 0.25) is 0 Å². The lowest BCUT2D eigenvalue weighted by Gasteiger charge is -1.95. The van der Waals surface area contributed by atoms with E-state index < -0.39 is 12.0 Å². The fraction of sp³-hybridized carbons (Fsp3) is 0.667. The van der Waals surface area contributed by atoms with Gasteiger partial charge in [-0.1, -0.05) is 0 Å². The molecule has 0 saturated heterocycles. The molecule has 0 fully saturated rings. The topological polar surface area (TPSA) is 63.3 Å². The molecule has 0 radical (unpaired) electrons. The first kappa shape index (κ1) is 16.1. The number of nitrogens with two attached hydrogens (primary N) is 1. The number of carboxylic acid groups (broad SMARTS) is 1. The minimum absolute atomic E-state index is 0. The van der Waals surface area contributed by atoms with Crippen molar-refractivity contribution in [1.29, 1.82) is 0 Å². The lowest BCUT2D eigenvalue weighted by atomic mass is 10.4. The van der Waals surface area contributed by atoms with Crippen molar-refractivity contribution in [2.75, 3.05) is 5.88 Å². The molecule has 0 aliphatic carbocycles. The van der Waals surface area contributed by atoms with E-state index in [4.69, 9.17) is 22.4 Å². The van der Waals surface area contributed by atoms with Gasteiger partial charge in [0.05, 0.1) is 0 Å². The molecule has 0 saturated carbocycles. The van der Waals surface area contributed by atoms with Gasteiger partial charge < -0.3 is 10.8 Å². The Bertz CT molecular complexity index is 79.5. The van der Waals surface area contributed by atoms with E-state index in [0.29, 0.717) is 0 Å². The van der Waals surface area contributed by atoms with E-state index in [1.807, 2.05) is 0 Å². The summed E-state index contributed by atoms with van der Waals surface area (Å²) in [5.41, 5.74) is 4.88. The Morgan fingerprint density at radius 1 is 1.67 bits per heavy atom. The summed E-state index contributed by atoms with van der Waals surface area (Å²) in [7, 11) is 0. The van der Waals surface area contributed by atoms with Crippen molar-refractivity contribution in [2.45, 2.75) is 6.04 Å². The van der Waals surface area contributed by atoms with Crippen LogP contribution in [0, 0.1) is 0 Å². The Morgan fingerprint density at radius 3 is 2.00 bits per heavy atom. The lowest BCUT2D eigenvalue weighted by Crippen LogP contribution is -2.31. The van der Waals surface area contributed by atoms with Gasteiger partial charge in [-0.15, -0.1) is 36.4 Å². The van der Waals surface area contributed by atoms with Crippen molar-refractivity contribution in [1.82, 2.24) is 0 Å². The van der Waals surface area contributed by atoms with E-state index in [-0.39, 0.29) is 30.7 Å². The van der Waals surface area contributed by atoms with Crippen LogP contribution in [0.5, 0.6) is 0 Å². The zero-order valence-electron chi connectivity index (χ0n) is 4.41. The van der Waals surface area contributed by atoms with Gasteiger partial charge in [-0.3, -0.25) is 4.79 Å². The second kappa shape index (κ2) is 8.30. The molecule has 9 heavy (non-hydrogen) atoms. The third-order valence-electron chi connectivity index (χ3n) is 0.483. The molecular weight excluding hydrogens is 188 g/mol. The third-order valence-corrected chi connectivity index (χ3v) is 0.816. The monoisotopic (exact) mass is 195 g/mol. The smallest absolute Gasteiger partial charge is 0.321 e. The molecule has 0 amide bonds. The highest BCUT2D eigenvalue weighted by molar-refractivity contribution is 6.19. The van der Waals surface area contributed by atoms with Crippen LogP contribution in [0.4, 0.5) is 0 Å². The van der Waals surface area contributed by atoms with Gasteiger partial charge in [0, 0.05) is 5.88 Å². The molecule has 0 aliphatic heterocycles. The fourth-order valence-electron chi connectivity index (χ4n) is 0.0660. The van der Waals surface area contributed by atoms with E-state index in [1.165, 1.54) is 0 Å². The zero-order chi connectivity index (χ0) is 5.86. The van der Waals surface area contributed by atoms with Crippen molar-refractivity contribution < 1.29 is 9.90 Å². The summed E-state index contributed by atoms with van der Waals surface area (Å²) >= 11 is 5.04. The molecule has 0 aromatic carbocycles. The number of hydrogen-bond donors (Lipinski definition) is 2. The van der Waals surface area contributed by atoms with Crippen LogP contribution in [0.15, 0.2) is 0 Å². The highest BCUT2D eigenvalue weighted by Gasteiger charge is 2.07. The predicted molar refractivity (Wildman–Crippen MR) is 40.8 cm³/mol. The van der Waals surface area contributed by atoms with Crippen molar-refractivity contribution in [3.63, 3.8) is 0 Å². The molecule has 0 heterocycles. The molecule has 3 N–H and O–H groups in total. The molecule has 0 spiro atoms. The number of carbonyl (C=O) groups is 1. The van der Waals surface area contributed by atoms with Gasteiger partial charge in [0.1, 0.15) is 6.04 Å². The molecule has 1 atom stereocenters. The summed E-state index contributed by atoms with van der Waals surface area (Å²) in [6.45, 7) is 0. The third kappa shape index (κ3) is 8.30. The highest BCUT2D eigenvalue weighted by Crippen LogP contribution is 1.80. The predicted octanol–water partition coefficient (Wildman–Crippen LogP) is 0.481. The van der Waals surface area contributed by atoms with E-state index >= 15 is 0 Å². The first-order valence-electron chi connectivity index (χ1n) is 1.73. The Hall–Kier alpha value is 0.300. The van der Waals surface area contributed by atoms with Crippen molar-refractivity contribution in [3.05, 3.63) is 0 Å². The van der Waals surface area contributed by atoms with E-state index in [9.17, 15) is 4.79 Å². The average Bonchev–Trinajstić information content (AvgIpc) is 1.65. The molecule has 0 bridgehead atoms. The molecular formula is C3H8Cl3NO2. The van der Waals surface area contributed by atoms with Crippen LogP contribution >= 0.6 is 36.4 Å². The summed E-state index contributed by atoms with van der Waals surface area (Å²) in [6, 6.07) is -0.915. The molecule has 0 aromatic rings. The maximum absolute atomic E-state index is 9.72. The first-order valence-corrected chi connectivity index (χ1v) is 2.26. The zero-order valence-corrected chi connectivity index (χ0v) is 6.80. The summed E-state index contributed by atoms with van der Waals surface area (Å²) in [5.74, 6) is -1.09. The molecule has 0 rings (SSSR count). The Balaban J connectivity index is -0.000000180. The van der Waals surface area contributed by atoms with Gasteiger partial charge in [0.15, 0.2) is 0 Å². The van der Waals surface area contributed by atoms with E-state index in [1.54, 1.807) is 0 Å². The second-order valence-corrected chi connectivity index (χ2v) is 1.41. The number of carboxylic acids is 1. The van der Waals surface area contributed by atoms with E-state index in [0.717, 1.165) is 0 Å². The maximum Gasteiger partial charge on any atom is 0.321 e. The second-order valence-electron chi connectivity index (χ2n) is 1.10. The Labute approximate surface area is 70.4 Å². The number of hydrogen-bond acceptors (Lipinski definition) is 2. The molecule has 6 heteroatoms. The molecule has 3 nitrogen and oxygen atoms in total. The SMILES string of the molecule is Cl.Cl.N[C@@H](CCl)C(=O)O. The van der Waals surface area contributed by atoms with Gasteiger partial charge >= 0.3 is 5.97 Å². The van der Waals surface area contributed by atoms with Crippen LogP contribution < -0.4 is 5.73 Å². The van der Waals surface area contributed by atoms with Gasteiger partial charge in [-0.25, -0.2) is 0 Å². The number of alkyl halides is 1. The quantitative estimate of drug-likeness (QED) is 0.632. The minimum atomic E-state index is -1.06. The van der Waals surface area contributed by atoms with Gasteiger partial charge in [-0.05, 0) is 0 Å². The Kier molecular flexibility index (Phi) is 14.9. The number of aliphatic carboxylic acids is 1. The van der Waals surface area contributed by atoms with Crippen molar-refractivity contribution in [2.24, 2.45) is 5.73 Å². The number of halogens is 3. The van der Waals surface area contributed by atoms with Crippen LogP contribution in [0.1, 0.15) is 0 Å². The molecule has 0 unspecified atom stereocenters. The average molecular weight is 196 g/mol. The van der Waals surface area contributed by atoms with Crippen LogP contribution in [0.3, 0.4) is 0 Å². The molecule has 58 valence electrons. The largest absolute Gasteiger partial charge is 0.480 e. The van der Waals surface area contributed by atoms with Crippen LogP contribution in [-0.2, 0) is 4.79 Å². The maximum atomic E-state index is 9.72. The molecule has 0 aliphatic rings. The standard InChI is InChI=1S/C3H6ClNO2.2ClH/c4-1-2(5)3(6)7;;/h2H,1,5H2,(H,6,7);2*1H/t2-;;/m0../s1. The van der Waals surface area contributed by atoms with Crippen LogP contribution in [-0.4, -0.2) is 23.0 Å². The van der Waals surface area contributed by atoms with E-state index in [2.05, 4.69) is 0 Å². The van der Waals surface area contributed by atoms with Crippen LogP contribution in [0.2, 0.25) is 0 Å². The van der Waals surface area contributed by atoms with Crippen molar-refractivity contribution >= 4 is 42.4 Å². The fourth-order valence-corrected chi connectivity index (χ4v) is 0.198. The Morgan fingerprint density at radius 2 is 2.00 bits per heavy atom. The number of rotatable bonds is 2. The van der Waals surface area contributed by atoms with Gasteiger partial charge in [0.25, 0.3) is 0 Å². The summed E-state index contributed by atoms with van der Waals surface area (Å²) < 4.78 is 0. The summed E-state index contributed by atoms with van der Waals surface area (Å²) in [6.07, 6.45) is 0. The minimum Gasteiger partial charge on any atom is -0.480 e. The summed E-state index contributed by atoms with van der Waals surface area (Å²) in [4.78, 5) is 9.72. The summed E-state index contributed by atoms with van der Waals surface area (Å²) in [5, 5.41) is 7.97. The molecule has 0 aromatic heterocycles.